The van der Waals surface area contributed by atoms with Crippen LogP contribution in [-0.2, 0) is 11.3 Å². The Bertz CT molecular complexity index is 455. The Morgan fingerprint density at radius 3 is 2.85 bits per heavy atom. The molecule has 5 heteroatoms. The van der Waals surface area contributed by atoms with Crippen LogP contribution in [0, 0.1) is 11.7 Å². The predicted molar refractivity (Wildman–Crippen MR) is 80.1 cm³/mol. The Hall–Kier alpha value is -1.13. The molecule has 0 heterocycles. The summed E-state index contributed by atoms with van der Waals surface area (Å²) < 4.78 is 13.1. The van der Waals surface area contributed by atoms with Gasteiger partial charge in [0.1, 0.15) is 5.82 Å². The summed E-state index contributed by atoms with van der Waals surface area (Å²) in [4.78, 5) is 14.0. The van der Waals surface area contributed by atoms with Crippen LogP contribution in [0.3, 0.4) is 0 Å². The maximum Gasteiger partial charge on any atom is 0.225 e. The first-order valence-corrected chi connectivity index (χ1v) is 6.81. The number of carbonyl (C=O) groups is 1. The Morgan fingerprint density at radius 2 is 2.20 bits per heavy atom. The molecular weight excluding hydrogens is 279 g/mol. The van der Waals surface area contributed by atoms with E-state index in [1.54, 1.807) is 18.0 Å². The highest BCUT2D eigenvalue weighted by atomic mass is 35.5. The zero-order chi connectivity index (χ0) is 13.8. The third-order valence-corrected chi connectivity index (χ3v) is 3.75. The number of nitrogens with two attached hydrogens (primary N) is 1. The van der Waals surface area contributed by atoms with Crippen LogP contribution in [0.2, 0.25) is 0 Å². The Balaban J connectivity index is 0.00000200. The van der Waals surface area contributed by atoms with E-state index in [-0.39, 0.29) is 36.1 Å². The molecule has 0 radical (unpaired) electrons. The maximum absolute atomic E-state index is 13.1. The maximum atomic E-state index is 13.1. The topological polar surface area (TPSA) is 46.3 Å². The summed E-state index contributed by atoms with van der Waals surface area (Å²) in [5.41, 5.74) is 6.73. The van der Waals surface area contributed by atoms with Gasteiger partial charge in [0.15, 0.2) is 0 Å². The first kappa shape index (κ1) is 16.9. The van der Waals surface area contributed by atoms with Crippen LogP contribution in [0.25, 0.3) is 0 Å². The molecular formula is C15H22ClFN2O. The highest BCUT2D eigenvalue weighted by Crippen LogP contribution is 2.25. The molecule has 1 amide bonds. The molecule has 2 atom stereocenters. The van der Waals surface area contributed by atoms with Gasteiger partial charge in [0.2, 0.25) is 5.91 Å². The van der Waals surface area contributed by atoms with Gasteiger partial charge in [-0.15, -0.1) is 12.4 Å². The molecule has 112 valence electrons. The molecule has 0 spiro atoms. The lowest BCUT2D eigenvalue weighted by molar-refractivity contribution is -0.135. The molecule has 0 aromatic heterocycles. The van der Waals surface area contributed by atoms with Gasteiger partial charge in [-0.2, -0.15) is 0 Å². The van der Waals surface area contributed by atoms with E-state index in [2.05, 4.69) is 0 Å². The van der Waals surface area contributed by atoms with Crippen molar-refractivity contribution in [3.05, 3.63) is 35.6 Å². The molecule has 0 aliphatic heterocycles. The zero-order valence-electron chi connectivity index (χ0n) is 11.7. The van der Waals surface area contributed by atoms with Crippen LogP contribution < -0.4 is 5.73 Å². The third-order valence-electron chi connectivity index (χ3n) is 3.75. The van der Waals surface area contributed by atoms with Crippen molar-refractivity contribution in [1.82, 2.24) is 4.90 Å². The molecule has 2 N–H and O–H groups in total. The van der Waals surface area contributed by atoms with E-state index >= 15 is 0 Å². The first-order chi connectivity index (χ1) is 9.06. The lowest BCUT2D eigenvalue weighted by atomic mass is 9.85. The van der Waals surface area contributed by atoms with Crippen molar-refractivity contribution in [2.75, 3.05) is 7.05 Å². The fraction of sp³-hybridized carbons (Fsp3) is 0.533. The second kappa shape index (κ2) is 7.60. The second-order valence-corrected chi connectivity index (χ2v) is 5.45. The van der Waals surface area contributed by atoms with Crippen LogP contribution in [0.5, 0.6) is 0 Å². The number of hydrogen-bond donors (Lipinski definition) is 1. The zero-order valence-corrected chi connectivity index (χ0v) is 12.5. The molecule has 2 unspecified atom stereocenters. The van der Waals surface area contributed by atoms with E-state index in [1.165, 1.54) is 12.1 Å². The molecule has 3 nitrogen and oxygen atoms in total. The molecule has 1 saturated carbocycles. The minimum Gasteiger partial charge on any atom is -0.341 e. The average molecular weight is 301 g/mol. The molecule has 1 aliphatic rings. The largest absolute Gasteiger partial charge is 0.341 e. The summed E-state index contributed by atoms with van der Waals surface area (Å²) in [5.74, 6) is -0.111. The van der Waals surface area contributed by atoms with E-state index in [9.17, 15) is 9.18 Å². The van der Waals surface area contributed by atoms with Gasteiger partial charge in [0.25, 0.3) is 0 Å². The quantitative estimate of drug-likeness (QED) is 0.933. The van der Waals surface area contributed by atoms with Crippen molar-refractivity contribution >= 4 is 18.3 Å². The van der Waals surface area contributed by atoms with Crippen molar-refractivity contribution < 1.29 is 9.18 Å². The van der Waals surface area contributed by atoms with Crippen LogP contribution in [0.1, 0.15) is 31.2 Å². The number of benzene rings is 1. The van der Waals surface area contributed by atoms with Gasteiger partial charge in [-0.05, 0) is 37.0 Å². The molecule has 0 bridgehead atoms. The highest BCUT2D eigenvalue weighted by molar-refractivity contribution is 5.85. The summed E-state index contributed by atoms with van der Waals surface area (Å²) in [6.07, 6.45) is 3.72. The molecule has 2 rings (SSSR count). The number of carbonyl (C=O) groups excluding carboxylic acids is 1. The van der Waals surface area contributed by atoms with Gasteiger partial charge in [0, 0.05) is 25.6 Å². The van der Waals surface area contributed by atoms with E-state index in [0.29, 0.717) is 6.54 Å². The lowest BCUT2D eigenvalue weighted by Gasteiger charge is -2.29. The van der Waals surface area contributed by atoms with Crippen LogP contribution in [-0.4, -0.2) is 23.9 Å². The minimum absolute atomic E-state index is 0. The number of halogens is 2. The van der Waals surface area contributed by atoms with Gasteiger partial charge in [0.05, 0.1) is 0 Å². The number of amides is 1. The van der Waals surface area contributed by atoms with Crippen LogP contribution in [0.4, 0.5) is 4.39 Å². The summed E-state index contributed by atoms with van der Waals surface area (Å²) in [7, 11) is 1.77. The van der Waals surface area contributed by atoms with Crippen molar-refractivity contribution in [3.8, 4) is 0 Å². The number of hydrogen-bond acceptors (Lipinski definition) is 2. The van der Waals surface area contributed by atoms with Crippen molar-refractivity contribution in [3.63, 3.8) is 0 Å². The first-order valence-electron chi connectivity index (χ1n) is 6.81. The lowest BCUT2D eigenvalue weighted by Crippen LogP contribution is -2.38. The summed E-state index contributed by atoms with van der Waals surface area (Å²) in [6.45, 7) is 0.447. The smallest absolute Gasteiger partial charge is 0.225 e. The van der Waals surface area contributed by atoms with E-state index in [0.717, 1.165) is 31.2 Å². The highest BCUT2D eigenvalue weighted by Gasteiger charge is 2.27. The van der Waals surface area contributed by atoms with Gasteiger partial charge in [-0.1, -0.05) is 18.6 Å². The average Bonchev–Trinajstić information content (AvgIpc) is 2.38. The van der Waals surface area contributed by atoms with E-state index in [1.807, 2.05) is 6.07 Å². The standard InChI is InChI=1S/C15H21FN2O.ClH/c1-18(10-11-4-2-6-13(16)8-11)15(19)12-5-3-7-14(17)9-12;/h2,4,6,8,12,14H,3,5,7,9-10,17H2,1H3;1H. The van der Waals surface area contributed by atoms with Crippen LogP contribution >= 0.6 is 12.4 Å². The van der Waals surface area contributed by atoms with Crippen molar-refractivity contribution in [2.45, 2.75) is 38.3 Å². The van der Waals surface area contributed by atoms with E-state index < -0.39 is 0 Å². The monoisotopic (exact) mass is 300 g/mol. The second-order valence-electron chi connectivity index (χ2n) is 5.45. The molecule has 20 heavy (non-hydrogen) atoms. The fourth-order valence-electron chi connectivity index (χ4n) is 2.75. The van der Waals surface area contributed by atoms with Crippen molar-refractivity contribution in [2.24, 2.45) is 11.7 Å². The minimum atomic E-state index is -0.266. The Labute approximate surface area is 125 Å². The molecule has 1 fully saturated rings. The van der Waals surface area contributed by atoms with Crippen LogP contribution in [0.15, 0.2) is 24.3 Å². The van der Waals surface area contributed by atoms with Gasteiger partial charge < -0.3 is 10.6 Å². The SMILES string of the molecule is CN(Cc1cccc(F)c1)C(=O)C1CCCC(N)C1.Cl. The summed E-state index contributed by atoms with van der Waals surface area (Å²) in [5, 5.41) is 0. The molecule has 1 aliphatic carbocycles. The number of nitrogens with zero attached hydrogens (tertiary/aromatic N) is 1. The number of rotatable bonds is 3. The molecule has 1 aromatic rings. The van der Waals surface area contributed by atoms with Gasteiger partial charge in [-0.25, -0.2) is 4.39 Å². The van der Waals surface area contributed by atoms with Crippen molar-refractivity contribution in [1.29, 1.82) is 0 Å². The molecule has 1 aromatic carbocycles. The predicted octanol–water partition coefficient (Wildman–Crippen LogP) is 2.72. The normalized spacial score (nSPS) is 21.9. The summed E-state index contributed by atoms with van der Waals surface area (Å²) in [6, 6.07) is 6.52. The Morgan fingerprint density at radius 1 is 1.45 bits per heavy atom. The third kappa shape index (κ3) is 4.46. The fourth-order valence-corrected chi connectivity index (χ4v) is 2.75. The van der Waals surface area contributed by atoms with Gasteiger partial charge >= 0.3 is 0 Å². The Kier molecular flexibility index (Phi) is 6.43. The molecule has 0 saturated heterocycles. The summed E-state index contributed by atoms with van der Waals surface area (Å²) >= 11 is 0. The van der Waals surface area contributed by atoms with E-state index in [4.69, 9.17) is 5.73 Å². The van der Waals surface area contributed by atoms with Gasteiger partial charge in [-0.3, -0.25) is 4.79 Å².